The third-order valence-corrected chi connectivity index (χ3v) is 8.07. The van der Waals surface area contributed by atoms with Crippen LogP contribution in [0.3, 0.4) is 0 Å². The molecule has 0 saturated carbocycles. The normalized spacial score (nSPS) is 17.3. The van der Waals surface area contributed by atoms with Gasteiger partial charge in [0.1, 0.15) is 17.4 Å². The number of nitrogens with zero attached hydrogens (tertiary/aromatic N) is 5. The summed E-state index contributed by atoms with van der Waals surface area (Å²) in [5, 5.41) is 18.8. The fourth-order valence-corrected chi connectivity index (χ4v) is 5.69. The van der Waals surface area contributed by atoms with Crippen LogP contribution in [0.15, 0.2) is 48.7 Å². The highest BCUT2D eigenvalue weighted by atomic mass is 16.5. The maximum absolute atomic E-state index is 12.3. The number of ether oxygens (including phenoxy) is 1. The molecule has 3 atom stereocenters. The highest BCUT2D eigenvalue weighted by molar-refractivity contribution is 5.81. The van der Waals surface area contributed by atoms with Crippen molar-refractivity contribution in [2.24, 2.45) is 5.92 Å². The average molecular weight is 528 g/mol. The summed E-state index contributed by atoms with van der Waals surface area (Å²) in [6.07, 6.45) is 2.81. The lowest BCUT2D eigenvalue weighted by Crippen LogP contribution is -2.32. The topological polar surface area (TPSA) is 93.4 Å². The van der Waals surface area contributed by atoms with Crippen LogP contribution in [0.25, 0.3) is 11.0 Å². The molecule has 1 N–H and O–H groups in total. The van der Waals surface area contributed by atoms with Gasteiger partial charge in [-0.05, 0) is 73.2 Å². The van der Waals surface area contributed by atoms with Gasteiger partial charge in [-0.1, -0.05) is 43.3 Å². The fourth-order valence-electron chi connectivity index (χ4n) is 5.69. The van der Waals surface area contributed by atoms with Gasteiger partial charge in [-0.2, -0.15) is 0 Å². The lowest BCUT2D eigenvalue weighted by Gasteiger charge is -2.27. The van der Waals surface area contributed by atoms with Crippen LogP contribution in [-0.4, -0.2) is 48.6 Å². The Balaban J connectivity index is 1.53. The first-order valence-electron chi connectivity index (χ1n) is 13.8. The Morgan fingerprint density at radius 2 is 2.00 bits per heavy atom. The zero-order chi connectivity index (χ0) is 27.7. The molecule has 1 aliphatic rings. The van der Waals surface area contributed by atoms with Crippen LogP contribution >= 0.6 is 0 Å². The van der Waals surface area contributed by atoms with E-state index in [9.17, 15) is 9.90 Å². The second-order valence-electron chi connectivity index (χ2n) is 10.6. The summed E-state index contributed by atoms with van der Waals surface area (Å²) in [5.74, 6) is -0.906. The largest absolute Gasteiger partial charge is 0.487 e. The van der Waals surface area contributed by atoms with Crippen LogP contribution in [0.4, 0.5) is 0 Å². The van der Waals surface area contributed by atoms with Crippen molar-refractivity contribution in [1.29, 1.82) is 0 Å². The Morgan fingerprint density at radius 3 is 2.74 bits per heavy atom. The number of benzene rings is 2. The van der Waals surface area contributed by atoms with Crippen molar-refractivity contribution >= 4 is 17.0 Å². The zero-order valence-corrected chi connectivity index (χ0v) is 23.4. The number of pyridine rings is 1. The molecule has 0 bridgehead atoms. The number of hydrogen-bond donors (Lipinski definition) is 1. The molecule has 4 aromatic rings. The lowest BCUT2D eigenvalue weighted by molar-refractivity contribution is -0.141. The predicted octanol–water partition coefficient (Wildman–Crippen LogP) is 5.49. The molecule has 2 aromatic carbocycles. The van der Waals surface area contributed by atoms with E-state index in [2.05, 4.69) is 58.3 Å². The highest BCUT2D eigenvalue weighted by Gasteiger charge is 2.30. The zero-order valence-electron chi connectivity index (χ0n) is 23.4. The summed E-state index contributed by atoms with van der Waals surface area (Å²) in [6.45, 7) is 13.1. The number of carboxylic acids is 1. The van der Waals surface area contributed by atoms with Crippen molar-refractivity contribution in [2.75, 3.05) is 6.54 Å². The molecule has 0 saturated heterocycles. The number of fused-ring (bicyclic) bond motifs is 2. The number of carbonyl (C=O) groups is 1. The summed E-state index contributed by atoms with van der Waals surface area (Å²) in [6, 6.07) is 14.4. The molecule has 2 aromatic heterocycles. The molecule has 0 aliphatic carbocycles. The first-order valence-corrected chi connectivity index (χ1v) is 13.8. The molecule has 3 heterocycles. The predicted molar refractivity (Wildman–Crippen MR) is 151 cm³/mol. The van der Waals surface area contributed by atoms with Crippen LogP contribution in [0.1, 0.15) is 66.6 Å². The lowest BCUT2D eigenvalue weighted by atomic mass is 9.79. The van der Waals surface area contributed by atoms with Gasteiger partial charge in [-0.3, -0.25) is 14.7 Å². The smallest absolute Gasteiger partial charge is 0.307 e. The van der Waals surface area contributed by atoms with E-state index in [-0.39, 0.29) is 12.0 Å². The minimum absolute atomic E-state index is 0.0876. The van der Waals surface area contributed by atoms with Crippen molar-refractivity contribution in [3.8, 4) is 5.75 Å². The van der Waals surface area contributed by atoms with E-state index in [4.69, 9.17) is 4.74 Å². The SMILES string of the molecule is CC[C@@H]1CN(Cc2cc([C@@H](c3ccc4c(nnn4CC)c3C)[C@@H](C)C(=O)O)ccc2C)Cc2ncccc2O1. The maximum Gasteiger partial charge on any atom is 0.307 e. The van der Waals surface area contributed by atoms with Crippen molar-refractivity contribution in [1.82, 2.24) is 24.9 Å². The minimum atomic E-state index is -0.822. The van der Waals surface area contributed by atoms with Crippen molar-refractivity contribution in [3.63, 3.8) is 0 Å². The molecule has 0 fully saturated rings. The quantitative estimate of drug-likeness (QED) is 0.324. The Hall–Kier alpha value is -3.78. The Labute approximate surface area is 229 Å². The van der Waals surface area contributed by atoms with Crippen LogP contribution in [0, 0.1) is 19.8 Å². The molecule has 8 nitrogen and oxygen atoms in total. The summed E-state index contributed by atoms with van der Waals surface area (Å²) in [5.41, 5.74) is 8.04. The van der Waals surface area contributed by atoms with Gasteiger partial charge in [0.25, 0.3) is 0 Å². The minimum Gasteiger partial charge on any atom is -0.487 e. The van der Waals surface area contributed by atoms with Crippen molar-refractivity contribution < 1.29 is 14.6 Å². The van der Waals surface area contributed by atoms with E-state index in [1.54, 1.807) is 6.92 Å². The number of aliphatic carboxylic acids is 1. The molecule has 204 valence electrons. The van der Waals surface area contributed by atoms with Crippen molar-refractivity contribution in [3.05, 3.63) is 82.2 Å². The molecule has 0 unspecified atom stereocenters. The van der Waals surface area contributed by atoms with E-state index in [1.165, 1.54) is 11.1 Å². The molecule has 0 spiro atoms. The molecule has 1 aliphatic heterocycles. The van der Waals surface area contributed by atoms with Gasteiger partial charge < -0.3 is 9.84 Å². The van der Waals surface area contributed by atoms with Crippen LogP contribution in [0.5, 0.6) is 5.75 Å². The highest BCUT2D eigenvalue weighted by Crippen LogP contribution is 2.37. The van der Waals surface area contributed by atoms with Gasteiger partial charge in [0.2, 0.25) is 0 Å². The van der Waals surface area contributed by atoms with Gasteiger partial charge >= 0.3 is 5.97 Å². The summed E-state index contributed by atoms with van der Waals surface area (Å²) in [4.78, 5) is 19.3. The molecule has 8 heteroatoms. The van der Waals surface area contributed by atoms with Gasteiger partial charge in [0.15, 0.2) is 0 Å². The van der Waals surface area contributed by atoms with E-state index in [0.29, 0.717) is 6.54 Å². The second kappa shape index (κ2) is 11.1. The third-order valence-electron chi connectivity index (χ3n) is 8.07. The summed E-state index contributed by atoms with van der Waals surface area (Å²) >= 11 is 0. The van der Waals surface area contributed by atoms with Crippen LogP contribution in [-0.2, 0) is 24.4 Å². The van der Waals surface area contributed by atoms with Gasteiger partial charge in [0.05, 0.1) is 17.1 Å². The number of hydrogen-bond acceptors (Lipinski definition) is 6. The fraction of sp³-hybridized carbons (Fsp3) is 0.419. The van der Waals surface area contributed by atoms with E-state index in [1.807, 2.05) is 42.9 Å². The number of aromatic nitrogens is 4. The molecular weight excluding hydrogens is 490 g/mol. The van der Waals surface area contributed by atoms with Crippen LogP contribution < -0.4 is 4.74 Å². The molecular formula is C31H37N5O3. The molecule has 39 heavy (non-hydrogen) atoms. The average Bonchev–Trinajstić information content (AvgIpc) is 3.27. The van der Waals surface area contributed by atoms with E-state index in [0.717, 1.165) is 65.2 Å². The molecule has 5 rings (SSSR count). The molecule has 0 amide bonds. The number of rotatable bonds is 8. The standard InChI is InChI=1S/C31H37N5O3/c1-6-24-17-35(18-26-28(39-24)9-8-14-32-26)16-23-15-22(11-10-19(23)3)29(21(5)31(37)38)25-12-13-27-30(20(25)4)33-34-36(27)7-2/h8-15,21,24,29H,6-7,16-18H2,1-5H3,(H,37,38)/t21-,24-,29+/m1/s1. The third kappa shape index (κ3) is 5.26. The monoisotopic (exact) mass is 527 g/mol. The Kier molecular flexibility index (Phi) is 7.66. The van der Waals surface area contributed by atoms with E-state index >= 15 is 0 Å². The Bertz CT molecular complexity index is 1500. The van der Waals surface area contributed by atoms with Gasteiger partial charge in [-0.15, -0.1) is 5.10 Å². The summed E-state index contributed by atoms with van der Waals surface area (Å²) < 4.78 is 8.13. The van der Waals surface area contributed by atoms with Gasteiger partial charge in [0, 0.05) is 38.3 Å². The van der Waals surface area contributed by atoms with Gasteiger partial charge in [-0.25, -0.2) is 4.68 Å². The van der Waals surface area contributed by atoms with E-state index < -0.39 is 11.9 Å². The Morgan fingerprint density at radius 1 is 1.18 bits per heavy atom. The van der Waals surface area contributed by atoms with Crippen LogP contribution in [0.2, 0.25) is 0 Å². The second-order valence-corrected chi connectivity index (χ2v) is 10.6. The number of aryl methyl sites for hydroxylation is 3. The first kappa shape index (κ1) is 26.8. The first-order chi connectivity index (χ1) is 18.8. The summed E-state index contributed by atoms with van der Waals surface area (Å²) in [7, 11) is 0. The number of carboxylic acid groups (broad SMARTS) is 1. The maximum atomic E-state index is 12.3. The molecule has 0 radical (unpaired) electrons. The van der Waals surface area contributed by atoms with Crippen molar-refractivity contribution in [2.45, 2.75) is 72.7 Å².